The Hall–Kier alpha value is -1.53. The molecule has 0 aliphatic carbocycles. The van der Waals surface area contributed by atoms with E-state index in [0.29, 0.717) is 5.69 Å². The van der Waals surface area contributed by atoms with E-state index in [1.807, 2.05) is 51.1 Å². The maximum absolute atomic E-state index is 11.7. The maximum atomic E-state index is 11.7. The summed E-state index contributed by atoms with van der Waals surface area (Å²) in [6.45, 7) is 7.63. The van der Waals surface area contributed by atoms with Crippen LogP contribution in [0.15, 0.2) is 40.2 Å². The van der Waals surface area contributed by atoms with E-state index in [4.69, 9.17) is 4.74 Å². The number of carbonyl (C=O) groups is 1. The summed E-state index contributed by atoms with van der Waals surface area (Å²) in [6.07, 6.45) is -0.450. The zero-order valence-electron chi connectivity index (χ0n) is 13.6. The Morgan fingerprint density at radius 2 is 1.78 bits per heavy atom. The number of carbonyl (C=O) groups excluding carboxylic acids is 1. The van der Waals surface area contributed by atoms with Crippen molar-refractivity contribution in [2.75, 3.05) is 10.6 Å². The average molecular weight is 397 g/mol. The molecule has 0 aliphatic heterocycles. The van der Waals surface area contributed by atoms with E-state index in [0.717, 1.165) is 10.2 Å². The Kier molecular flexibility index (Phi) is 5.70. The molecule has 0 spiro atoms. The summed E-state index contributed by atoms with van der Waals surface area (Å²) in [7, 11) is 0. The van der Waals surface area contributed by atoms with E-state index in [1.54, 1.807) is 11.3 Å². The molecule has 0 saturated heterocycles. The van der Waals surface area contributed by atoms with Gasteiger partial charge in [-0.15, -0.1) is 11.3 Å². The second-order valence-corrected chi connectivity index (χ2v) is 8.01. The lowest BCUT2D eigenvalue weighted by atomic mass is 10.2. The van der Waals surface area contributed by atoms with Gasteiger partial charge < -0.3 is 10.1 Å². The quantitative estimate of drug-likeness (QED) is 0.662. The molecule has 0 saturated carbocycles. The van der Waals surface area contributed by atoms with Crippen LogP contribution < -0.4 is 10.6 Å². The van der Waals surface area contributed by atoms with Crippen LogP contribution in [0.25, 0.3) is 0 Å². The molecule has 124 valence electrons. The lowest BCUT2D eigenvalue weighted by Gasteiger charge is -2.20. The fourth-order valence-corrected chi connectivity index (χ4v) is 3.73. The van der Waals surface area contributed by atoms with E-state index < -0.39 is 11.7 Å². The molecule has 2 N–H and O–H groups in total. The van der Waals surface area contributed by atoms with Crippen molar-refractivity contribution in [1.29, 1.82) is 0 Å². The van der Waals surface area contributed by atoms with Gasteiger partial charge in [-0.05, 0) is 79.3 Å². The first kappa shape index (κ1) is 17.8. The first-order valence-corrected chi connectivity index (χ1v) is 9.01. The molecule has 1 aromatic heterocycles. The highest BCUT2D eigenvalue weighted by atomic mass is 79.9. The molecule has 1 unspecified atom stereocenters. The molecule has 6 heteroatoms. The van der Waals surface area contributed by atoms with Crippen LogP contribution in [0.1, 0.15) is 38.6 Å². The largest absolute Gasteiger partial charge is 0.444 e. The number of hydrogen-bond acceptors (Lipinski definition) is 4. The van der Waals surface area contributed by atoms with Crippen molar-refractivity contribution in [1.82, 2.24) is 0 Å². The molecule has 0 radical (unpaired) electrons. The van der Waals surface area contributed by atoms with Gasteiger partial charge in [-0.3, -0.25) is 5.32 Å². The Labute approximate surface area is 149 Å². The van der Waals surface area contributed by atoms with Gasteiger partial charge in [-0.1, -0.05) is 0 Å². The summed E-state index contributed by atoms with van der Waals surface area (Å²) >= 11 is 5.26. The molecule has 2 aromatic rings. The summed E-state index contributed by atoms with van der Waals surface area (Å²) in [5, 5.41) is 8.22. The number of halogens is 1. The molecule has 1 heterocycles. The highest BCUT2D eigenvalue weighted by molar-refractivity contribution is 9.10. The Bertz CT molecular complexity index is 662. The third-order valence-electron chi connectivity index (χ3n) is 2.95. The fraction of sp³-hybridized carbons (Fsp3) is 0.353. The predicted octanol–water partition coefficient (Wildman–Crippen LogP) is 6.03. The molecule has 1 aromatic carbocycles. The molecule has 0 fully saturated rings. The minimum atomic E-state index is -0.505. The van der Waals surface area contributed by atoms with Gasteiger partial charge in [0, 0.05) is 20.7 Å². The van der Waals surface area contributed by atoms with Gasteiger partial charge in [0.25, 0.3) is 0 Å². The van der Waals surface area contributed by atoms with Crippen LogP contribution in [0.4, 0.5) is 16.2 Å². The van der Waals surface area contributed by atoms with Crippen molar-refractivity contribution < 1.29 is 9.53 Å². The minimum absolute atomic E-state index is 0.203. The SMILES string of the molecule is CC(Nc1ccc(NC(=O)OC(C)(C)C)cc1)c1sccc1Br. The van der Waals surface area contributed by atoms with E-state index >= 15 is 0 Å². The van der Waals surface area contributed by atoms with Gasteiger partial charge in [0.2, 0.25) is 0 Å². The number of benzene rings is 1. The third kappa shape index (κ3) is 5.55. The predicted molar refractivity (Wildman–Crippen MR) is 100 cm³/mol. The molecule has 0 aliphatic rings. The third-order valence-corrected chi connectivity index (χ3v) is 5.00. The second-order valence-electron chi connectivity index (χ2n) is 6.20. The lowest BCUT2D eigenvalue weighted by Crippen LogP contribution is -2.27. The molecular weight excluding hydrogens is 376 g/mol. The van der Waals surface area contributed by atoms with Gasteiger partial charge in [0.1, 0.15) is 5.60 Å². The second kappa shape index (κ2) is 7.36. The van der Waals surface area contributed by atoms with Crippen LogP contribution in [-0.4, -0.2) is 11.7 Å². The van der Waals surface area contributed by atoms with Crippen LogP contribution in [0.5, 0.6) is 0 Å². The molecule has 0 bridgehead atoms. The first-order chi connectivity index (χ1) is 10.7. The maximum Gasteiger partial charge on any atom is 0.412 e. The number of anilines is 2. The normalized spacial score (nSPS) is 12.6. The van der Waals surface area contributed by atoms with Crippen LogP contribution >= 0.6 is 27.3 Å². The van der Waals surface area contributed by atoms with Gasteiger partial charge in [-0.2, -0.15) is 0 Å². The first-order valence-electron chi connectivity index (χ1n) is 7.34. The Morgan fingerprint density at radius 1 is 1.17 bits per heavy atom. The van der Waals surface area contributed by atoms with Crippen molar-refractivity contribution in [3.8, 4) is 0 Å². The number of amides is 1. The van der Waals surface area contributed by atoms with E-state index in [9.17, 15) is 4.79 Å². The number of rotatable bonds is 4. The van der Waals surface area contributed by atoms with Crippen LogP contribution in [0, 0.1) is 0 Å². The molecule has 23 heavy (non-hydrogen) atoms. The van der Waals surface area contributed by atoms with Gasteiger partial charge in [-0.25, -0.2) is 4.79 Å². The van der Waals surface area contributed by atoms with Crippen LogP contribution in [0.2, 0.25) is 0 Å². The van der Waals surface area contributed by atoms with Crippen molar-refractivity contribution in [2.24, 2.45) is 0 Å². The summed E-state index contributed by atoms with van der Waals surface area (Å²) in [5.41, 5.74) is 1.19. The van der Waals surface area contributed by atoms with Crippen molar-refractivity contribution in [3.05, 3.63) is 45.1 Å². The highest BCUT2D eigenvalue weighted by Gasteiger charge is 2.16. The standard InChI is InChI=1S/C17H21BrN2O2S/c1-11(15-14(18)9-10-23-15)19-12-5-7-13(8-6-12)20-16(21)22-17(2,3)4/h5-11,19H,1-4H3,(H,20,21). The van der Waals surface area contributed by atoms with Gasteiger partial charge >= 0.3 is 6.09 Å². The van der Waals surface area contributed by atoms with Crippen LogP contribution in [0.3, 0.4) is 0 Å². The molecule has 1 atom stereocenters. The zero-order chi connectivity index (χ0) is 17.0. The van der Waals surface area contributed by atoms with Crippen molar-refractivity contribution in [3.63, 3.8) is 0 Å². The molecule has 2 rings (SSSR count). The lowest BCUT2D eigenvalue weighted by molar-refractivity contribution is 0.0636. The van der Waals surface area contributed by atoms with Gasteiger partial charge in [0.05, 0.1) is 6.04 Å². The summed E-state index contributed by atoms with van der Waals surface area (Å²) in [6, 6.07) is 9.82. The number of thiophene rings is 1. The average Bonchev–Trinajstić information content (AvgIpc) is 2.85. The highest BCUT2D eigenvalue weighted by Crippen LogP contribution is 2.31. The number of hydrogen-bond donors (Lipinski definition) is 2. The Balaban J connectivity index is 1.94. The molecule has 4 nitrogen and oxygen atoms in total. The van der Waals surface area contributed by atoms with E-state index in [2.05, 4.69) is 38.9 Å². The number of nitrogens with one attached hydrogen (secondary N) is 2. The van der Waals surface area contributed by atoms with Crippen molar-refractivity contribution >= 4 is 44.7 Å². The molecular formula is C17H21BrN2O2S. The minimum Gasteiger partial charge on any atom is -0.444 e. The number of ether oxygens (including phenoxy) is 1. The summed E-state index contributed by atoms with van der Waals surface area (Å²) < 4.78 is 6.35. The smallest absolute Gasteiger partial charge is 0.412 e. The van der Waals surface area contributed by atoms with Crippen molar-refractivity contribution in [2.45, 2.75) is 39.3 Å². The molecule has 1 amide bonds. The van der Waals surface area contributed by atoms with E-state index in [-0.39, 0.29) is 6.04 Å². The van der Waals surface area contributed by atoms with E-state index in [1.165, 1.54) is 4.88 Å². The Morgan fingerprint density at radius 3 is 2.30 bits per heavy atom. The topological polar surface area (TPSA) is 50.4 Å². The monoisotopic (exact) mass is 396 g/mol. The fourth-order valence-electron chi connectivity index (χ4n) is 2.00. The summed E-state index contributed by atoms with van der Waals surface area (Å²) in [5.74, 6) is 0. The van der Waals surface area contributed by atoms with Crippen LogP contribution in [-0.2, 0) is 4.74 Å². The van der Waals surface area contributed by atoms with Gasteiger partial charge in [0.15, 0.2) is 0 Å². The zero-order valence-corrected chi connectivity index (χ0v) is 16.0. The summed E-state index contributed by atoms with van der Waals surface area (Å²) in [4.78, 5) is 13.0.